The third-order valence-electron chi connectivity index (χ3n) is 4.27. The second-order valence-corrected chi connectivity index (χ2v) is 6.23. The van der Waals surface area contributed by atoms with Gasteiger partial charge in [-0.25, -0.2) is 0 Å². The van der Waals surface area contributed by atoms with Gasteiger partial charge < -0.3 is 14.8 Å². The van der Waals surface area contributed by atoms with Crippen molar-refractivity contribution in [2.45, 2.75) is 51.8 Å². The molecule has 0 saturated carbocycles. The van der Waals surface area contributed by atoms with Crippen LogP contribution in [0.4, 0.5) is 0 Å². The molecule has 3 atom stereocenters. The lowest BCUT2D eigenvalue weighted by atomic mass is 9.96. The highest BCUT2D eigenvalue weighted by molar-refractivity contribution is 4.89. The van der Waals surface area contributed by atoms with Gasteiger partial charge in [0.15, 0.2) is 0 Å². The molecule has 0 bridgehead atoms. The van der Waals surface area contributed by atoms with Gasteiger partial charge in [-0.1, -0.05) is 27.2 Å². The van der Waals surface area contributed by atoms with E-state index >= 15 is 0 Å². The molecule has 0 aromatic carbocycles. The SMILES string of the molecule is CCCC1CN(CC2COCCO2)C(C(C)C)CN1. The minimum absolute atomic E-state index is 0.260. The van der Waals surface area contributed by atoms with Crippen LogP contribution in [0.3, 0.4) is 0 Å². The Balaban J connectivity index is 1.90. The first-order chi connectivity index (χ1) is 9.20. The zero-order valence-electron chi connectivity index (χ0n) is 12.7. The van der Waals surface area contributed by atoms with Crippen LogP contribution in [0.2, 0.25) is 0 Å². The van der Waals surface area contributed by atoms with E-state index in [2.05, 4.69) is 31.0 Å². The summed E-state index contributed by atoms with van der Waals surface area (Å²) in [7, 11) is 0. The molecule has 0 radical (unpaired) electrons. The Bertz CT molecular complexity index is 255. The maximum absolute atomic E-state index is 5.82. The molecule has 2 saturated heterocycles. The van der Waals surface area contributed by atoms with E-state index in [4.69, 9.17) is 9.47 Å². The van der Waals surface area contributed by atoms with Gasteiger partial charge in [0.05, 0.1) is 25.9 Å². The molecular formula is C15H30N2O2. The van der Waals surface area contributed by atoms with E-state index < -0.39 is 0 Å². The molecule has 2 aliphatic heterocycles. The van der Waals surface area contributed by atoms with Crippen molar-refractivity contribution in [1.82, 2.24) is 10.2 Å². The van der Waals surface area contributed by atoms with E-state index in [0.717, 1.165) is 39.5 Å². The Labute approximate surface area is 117 Å². The third kappa shape index (κ3) is 4.42. The van der Waals surface area contributed by atoms with Crippen LogP contribution in [0.1, 0.15) is 33.6 Å². The summed E-state index contributed by atoms with van der Waals surface area (Å²) in [5.74, 6) is 0.680. The second-order valence-electron chi connectivity index (χ2n) is 6.23. The van der Waals surface area contributed by atoms with Crippen LogP contribution in [0, 0.1) is 5.92 Å². The largest absolute Gasteiger partial charge is 0.376 e. The van der Waals surface area contributed by atoms with Gasteiger partial charge in [-0.15, -0.1) is 0 Å². The van der Waals surface area contributed by atoms with Gasteiger partial charge in [-0.2, -0.15) is 0 Å². The molecule has 19 heavy (non-hydrogen) atoms. The molecular weight excluding hydrogens is 240 g/mol. The molecule has 4 heteroatoms. The molecule has 2 heterocycles. The maximum Gasteiger partial charge on any atom is 0.0936 e. The Morgan fingerprint density at radius 1 is 1.32 bits per heavy atom. The first kappa shape index (κ1) is 15.2. The Hall–Kier alpha value is -0.160. The van der Waals surface area contributed by atoms with Gasteiger partial charge in [0.1, 0.15) is 0 Å². The van der Waals surface area contributed by atoms with E-state index in [1.165, 1.54) is 12.8 Å². The van der Waals surface area contributed by atoms with Crippen LogP contribution in [0.25, 0.3) is 0 Å². The van der Waals surface area contributed by atoms with E-state index in [0.29, 0.717) is 18.0 Å². The Morgan fingerprint density at radius 2 is 2.16 bits per heavy atom. The van der Waals surface area contributed by atoms with Crippen LogP contribution in [0.15, 0.2) is 0 Å². The van der Waals surface area contributed by atoms with Gasteiger partial charge in [0.2, 0.25) is 0 Å². The summed E-state index contributed by atoms with van der Waals surface area (Å²) in [5, 5.41) is 3.70. The number of rotatable bonds is 5. The first-order valence-corrected chi connectivity index (χ1v) is 7.87. The topological polar surface area (TPSA) is 33.7 Å². The number of hydrogen-bond acceptors (Lipinski definition) is 4. The van der Waals surface area contributed by atoms with Gasteiger partial charge in [0, 0.05) is 31.7 Å². The lowest BCUT2D eigenvalue weighted by Crippen LogP contribution is -2.60. The fourth-order valence-corrected chi connectivity index (χ4v) is 3.21. The van der Waals surface area contributed by atoms with Gasteiger partial charge in [-0.3, -0.25) is 4.90 Å². The molecule has 0 amide bonds. The molecule has 2 fully saturated rings. The lowest BCUT2D eigenvalue weighted by Gasteiger charge is -2.44. The summed E-state index contributed by atoms with van der Waals surface area (Å²) in [6.45, 7) is 12.4. The van der Waals surface area contributed by atoms with E-state index in [9.17, 15) is 0 Å². The van der Waals surface area contributed by atoms with Crippen molar-refractivity contribution in [3.05, 3.63) is 0 Å². The average molecular weight is 270 g/mol. The normalized spacial score (nSPS) is 33.8. The van der Waals surface area contributed by atoms with Crippen LogP contribution < -0.4 is 5.32 Å². The standard InChI is InChI=1S/C15H30N2O2/c1-4-5-13-9-17(15(8-16-13)12(2)3)10-14-11-18-6-7-19-14/h12-16H,4-11H2,1-3H3. The summed E-state index contributed by atoms with van der Waals surface area (Å²) in [6.07, 6.45) is 2.78. The van der Waals surface area contributed by atoms with Crippen molar-refractivity contribution in [2.75, 3.05) is 39.5 Å². The minimum atomic E-state index is 0.260. The predicted molar refractivity (Wildman–Crippen MR) is 77.5 cm³/mol. The highest BCUT2D eigenvalue weighted by Crippen LogP contribution is 2.18. The number of piperazine rings is 1. The number of nitrogens with one attached hydrogen (secondary N) is 1. The van der Waals surface area contributed by atoms with Crippen LogP contribution >= 0.6 is 0 Å². The van der Waals surface area contributed by atoms with Crippen molar-refractivity contribution < 1.29 is 9.47 Å². The predicted octanol–water partition coefficient (Wildman–Crippen LogP) is 1.50. The van der Waals surface area contributed by atoms with Crippen molar-refractivity contribution in [3.63, 3.8) is 0 Å². The van der Waals surface area contributed by atoms with E-state index in [1.807, 2.05) is 0 Å². The molecule has 4 nitrogen and oxygen atoms in total. The molecule has 1 N–H and O–H groups in total. The molecule has 0 spiro atoms. The van der Waals surface area contributed by atoms with Crippen molar-refractivity contribution in [2.24, 2.45) is 5.92 Å². The molecule has 112 valence electrons. The highest BCUT2D eigenvalue weighted by Gasteiger charge is 2.31. The molecule has 2 aliphatic rings. The summed E-state index contributed by atoms with van der Waals surface area (Å²) in [5.41, 5.74) is 0. The summed E-state index contributed by atoms with van der Waals surface area (Å²) >= 11 is 0. The Morgan fingerprint density at radius 3 is 2.79 bits per heavy atom. The van der Waals surface area contributed by atoms with Crippen molar-refractivity contribution >= 4 is 0 Å². The fourth-order valence-electron chi connectivity index (χ4n) is 3.21. The number of ether oxygens (including phenoxy) is 2. The zero-order valence-corrected chi connectivity index (χ0v) is 12.7. The smallest absolute Gasteiger partial charge is 0.0936 e. The highest BCUT2D eigenvalue weighted by atomic mass is 16.6. The van der Waals surface area contributed by atoms with Crippen LogP contribution in [-0.2, 0) is 9.47 Å². The van der Waals surface area contributed by atoms with Gasteiger partial charge in [-0.05, 0) is 12.3 Å². The molecule has 0 aliphatic carbocycles. The van der Waals surface area contributed by atoms with Crippen molar-refractivity contribution in [1.29, 1.82) is 0 Å². The molecule has 3 unspecified atom stereocenters. The molecule has 0 aromatic rings. The second kappa shape index (κ2) is 7.58. The van der Waals surface area contributed by atoms with Crippen molar-refractivity contribution in [3.8, 4) is 0 Å². The lowest BCUT2D eigenvalue weighted by molar-refractivity contribution is -0.105. The van der Waals surface area contributed by atoms with E-state index in [1.54, 1.807) is 0 Å². The van der Waals surface area contributed by atoms with Gasteiger partial charge in [0.25, 0.3) is 0 Å². The average Bonchev–Trinajstić information content (AvgIpc) is 2.40. The first-order valence-electron chi connectivity index (χ1n) is 7.87. The number of hydrogen-bond donors (Lipinski definition) is 1. The minimum Gasteiger partial charge on any atom is -0.376 e. The quantitative estimate of drug-likeness (QED) is 0.821. The number of nitrogens with zero attached hydrogens (tertiary/aromatic N) is 1. The summed E-state index contributed by atoms with van der Waals surface area (Å²) in [4.78, 5) is 2.63. The Kier molecular flexibility index (Phi) is 6.07. The summed E-state index contributed by atoms with van der Waals surface area (Å²) in [6, 6.07) is 1.27. The van der Waals surface area contributed by atoms with Crippen LogP contribution in [0.5, 0.6) is 0 Å². The van der Waals surface area contributed by atoms with Crippen LogP contribution in [-0.4, -0.2) is 62.5 Å². The fraction of sp³-hybridized carbons (Fsp3) is 1.00. The monoisotopic (exact) mass is 270 g/mol. The molecule has 2 rings (SSSR count). The molecule has 0 aromatic heterocycles. The summed E-state index contributed by atoms with van der Waals surface area (Å²) < 4.78 is 11.3. The van der Waals surface area contributed by atoms with E-state index in [-0.39, 0.29) is 6.10 Å². The maximum atomic E-state index is 5.82. The van der Waals surface area contributed by atoms with Gasteiger partial charge >= 0.3 is 0 Å². The zero-order chi connectivity index (χ0) is 13.7. The third-order valence-corrected chi connectivity index (χ3v) is 4.27.